The molecule has 0 aliphatic rings. The highest BCUT2D eigenvalue weighted by Crippen LogP contribution is 2.27. The van der Waals surface area contributed by atoms with E-state index < -0.39 is 4.92 Å². The first-order valence-electron chi connectivity index (χ1n) is 5.48. The van der Waals surface area contributed by atoms with Gasteiger partial charge < -0.3 is 5.32 Å². The fourth-order valence-corrected chi connectivity index (χ4v) is 1.79. The molecule has 0 atom stereocenters. The second kappa shape index (κ2) is 5.67. The second-order valence-electron chi connectivity index (χ2n) is 3.90. The van der Waals surface area contributed by atoms with Crippen molar-refractivity contribution in [2.45, 2.75) is 6.54 Å². The van der Waals surface area contributed by atoms with Crippen molar-refractivity contribution in [2.75, 3.05) is 5.32 Å². The summed E-state index contributed by atoms with van der Waals surface area (Å²) in [4.78, 5) is 10.2. The zero-order valence-corrected chi connectivity index (χ0v) is 10.5. The topological polar surface area (TPSA) is 55.2 Å². The van der Waals surface area contributed by atoms with Gasteiger partial charge in [-0.3, -0.25) is 10.1 Å². The van der Waals surface area contributed by atoms with Gasteiger partial charge in [0.05, 0.1) is 15.6 Å². The van der Waals surface area contributed by atoms with Crippen LogP contribution in [-0.2, 0) is 6.54 Å². The second-order valence-corrected chi connectivity index (χ2v) is 4.31. The molecule has 0 amide bonds. The van der Waals surface area contributed by atoms with Crippen LogP contribution in [0.15, 0.2) is 42.5 Å². The quantitative estimate of drug-likeness (QED) is 0.680. The van der Waals surface area contributed by atoms with E-state index in [4.69, 9.17) is 11.6 Å². The van der Waals surface area contributed by atoms with E-state index in [0.29, 0.717) is 17.3 Å². The number of rotatable bonds is 4. The van der Waals surface area contributed by atoms with Crippen molar-refractivity contribution < 1.29 is 9.31 Å². The highest BCUT2D eigenvalue weighted by molar-refractivity contribution is 6.33. The summed E-state index contributed by atoms with van der Waals surface area (Å²) in [6, 6.07) is 10.2. The molecule has 6 heteroatoms. The lowest BCUT2D eigenvalue weighted by atomic mass is 10.2. The van der Waals surface area contributed by atoms with E-state index in [1.807, 2.05) is 0 Å². The van der Waals surface area contributed by atoms with Crippen LogP contribution in [-0.4, -0.2) is 4.92 Å². The molecule has 0 bridgehead atoms. The van der Waals surface area contributed by atoms with E-state index in [1.54, 1.807) is 12.1 Å². The van der Waals surface area contributed by atoms with E-state index in [0.717, 1.165) is 5.56 Å². The maximum atomic E-state index is 13.0. The van der Waals surface area contributed by atoms with Crippen LogP contribution in [0.25, 0.3) is 0 Å². The Morgan fingerprint density at radius 3 is 2.74 bits per heavy atom. The molecule has 4 nitrogen and oxygen atoms in total. The zero-order chi connectivity index (χ0) is 13.8. The van der Waals surface area contributed by atoms with Gasteiger partial charge in [0.25, 0.3) is 5.69 Å². The summed E-state index contributed by atoms with van der Waals surface area (Å²) in [5.74, 6) is -0.329. The molecule has 0 aliphatic heterocycles. The lowest BCUT2D eigenvalue weighted by molar-refractivity contribution is -0.384. The van der Waals surface area contributed by atoms with Crippen LogP contribution in [0.2, 0.25) is 5.02 Å². The van der Waals surface area contributed by atoms with E-state index >= 15 is 0 Å². The predicted molar refractivity (Wildman–Crippen MR) is 71.8 cm³/mol. The van der Waals surface area contributed by atoms with Crippen LogP contribution in [0, 0.1) is 15.9 Å². The molecular formula is C13H10ClFN2O2. The molecule has 19 heavy (non-hydrogen) atoms. The third-order valence-electron chi connectivity index (χ3n) is 2.53. The standard InChI is InChI=1S/C13H10ClFN2O2/c14-12-5-4-11(17(18)19)7-13(12)16-8-9-2-1-3-10(15)6-9/h1-7,16H,8H2. The van der Waals surface area contributed by atoms with E-state index in [1.165, 1.54) is 30.3 Å². The van der Waals surface area contributed by atoms with E-state index in [-0.39, 0.29) is 11.5 Å². The van der Waals surface area contributed by atoms with Gasteiger partial charge in [0.1, 0.15) is 5.82 Å². The Labute approximate surface area is 114 Å². The van der Waals surface area contributed by atoms with Gasteiger partial charge in [-0.05, 0) is 23.8 Å². The Morgan fingerprint density at radius 2 is 2.05 bits per heavy atom. The Morgan fingerprint density at radius 1 is 1.26 bits per heavy atom. The lowest BCUT2D eigenvalue weighted by Crippen LogP contribution is -2.01. The van der Waals surface area contributed by atoms with Crippen LogP contribution in [0.4, 0.5) is 15.8 Å². The van der Waals surface area contributed by atoms with Gasteiger partial charge in [-0.2, -0.15) is 0 Å². The molecule has 2 aromatic carbocycles. The molecule has 2 rings (SSSR count). The van der Waals surface area contributed by atoms with Crippen LogP contribution >= 0.6 is 11.6 Å². The summed E-state index contributed by atoms with van der Waals surface area (Å²) in [6.07, 6.45) is 0. The molecule has 0 spiro atoms. The van der Waals surface area contributed by atoms with Crippen molar-refractivity contribution in [1.29, 1.82) is 0 Å². The van der Waals surface area contributed by atoms with Crippen molar-refractivity contribution in [3.05, 3.63) is 69.0 Å². The van der Waals surface area contributed by atoms with Crippen molar-refractivity contribution in [3.63, 3.8) is 0 Å². The molecule has 0 heterocycles. The highest BCUT2D eigenvalue weighted by atomic mass is 35.5. The Bertz CT molecular complexity index is 619. The largest absolute Gasteiger partial charge is 0.380 e. The molecule has 0 unspecified atom stereocenters. The number of non-ortho nitro benzene ring substituents is 1. The monoisotopic (exact) mass is 280 g/mol. The van der Waals surface area contributed by atoms with Gasteiger partial charge in [0.15, 0.2) is 0 Å². The predicted octanol–water partition coefficient (Wildman–Crippen LogP) is 4.00. The molecule has 1 N–H and O–H groups in total. The van der Waals surface area contributed by atoms with Crippen LogP contribution in [0.5, 0.6) is 0 Å². The Balaban J connectivity index is 2.15. The van der Waals surface area contributed by atoms with Gasteiger partial charge in [-0.15, -0.1) is 0 Å². The highest BCUT2D eigenvalue weighted by Gasteiger charge is 2.09. The lowest BCUT2D eigenvalue weighted by Gasteiger charge is -2.08. The van der Waals surface area contributed by atoms with Gasteiger partial charge in [0.2, 0.25) is 0 Å². The number of nitrogens with one attached hydrogen (secondary N) is 1. The first-order chi connectivity index (χ1) is 9.06. The zero-order valence-electron chi connectivity index (χ0n) is 9.77. The minimum Gasteiger partial charge on any atom is -0.380 e. The summed E-state index contributed by atoms with van der Waals surface area (Å²) < 4.78 is 13.0. The fraction of sp³-hybridized carbons (Fsp3) is 0.0769. The SMILES string of the molecule is O=[N+]([O-])c1ccc(Cl)c(NCc2cccc(F)c2)c1. The minimum atomic E-state index is -0.496. The third kappa shape index (κ3) is 3.42. The maximum absolute atomic E-state index is 13.0. The van der Waals surface area contributed by atoms with Crippen molar-refractivity contribution >= 4 is 23.0 Å². The van der Waals surface area contributed by atoms with Gasteiger partial charge >= 0.3 is 0 Å². The molecule has 0 aliphatic carbocycles. The molecule has 0 radical (unpaired) electrons. The molecule has 2 aromatic rings. The fourth-order valence-electron chi connectivity index (χ4n) is 1.61. The van der Waals surface area contributed by atoms with Crippen molar-refractivity contribution in [3.8, 4) is 0 Å². The number of anilines is 1. The van der Waals surface area contributed by atoms with Crippen LogP contribution < -0.4 is 5.32 Å². The van der Waals surface area contributed by atoms with Crippen molar-refractivity contribution in [1.82, 2.24) is 0 Å². The number of hydrogen-bond acceptors (Lipinski definition) is 3. The van der Waals surface area contributed by atoms with E-state index in [9.17, 15) is 14.5 Å². The maximum Gasteiger partial charge on any atom is 0.271 e. The Hall–Kier alpha value is -2.14. The van der Waals surface area contributed by atoms with Gasteiger partial charge in [0, 0.05) is 18.7 Å². The van der Waals surface area contributed by atoms with E-state index in [2.05, 4.69) is 5.32 Å². The van der Waals surface area contributed by atoms with Gasteiger partial charge in [-0.25, -0.2) is 4.39 Å². The smallest absolute Gasteiger partial charge is 0.271 e. The van der Waals surface area contributed by atoms with Crippen LogP contribution in [0.1, 0.15) is 5.56 Å². The molecule has 0 fully saturated rings. The molecular weight excluding hydrogens is 271 g/mol. The summed E-state index contributed by atoms with van der Waals surface area (Å²) >= 11 is 5.94. The molecule has 0 aromatic heterocycles. The van der Waals surface area contributed by atoms with Gasteiger partial charge in [-0.1, -0.05) is 23.7 Å². The summed E-state index contributed by atoms with van der Waals surface area (Å²) in [6.45, 7) is 0.332. The first kappa shape index (κ1) is 13.3. The molecule has 0 saturated heterocycles. The normalized spacial score (nSPS) is 10.2. The summed E-state index contributed by atoms with van der Waals surface area (Å²) in [5.41, 5.74) is 1.12. The number of nitro benzene ring substituents is 1. The number of nitrogens with zero attached hydrogens (tertiary/aromatic N) is 1. The molecule has 98 valence electrons. The van der Waals surface area contributed by atoms with Crippen LogP contribution in [0.3, 0.4) is 0 Å². The molecule has 0 saturated carbocycles. The summed E-state index contributed by atoms with van der Waals surface area (Å²) in [7, 11) is 0. The average Bonchev–Trinajstić information content (AvgIpc) is 2.37. The number of hydrogen-bond donors (Lipinski definition) is 1. The number of benzene rings is 2. The minimum absolute atomic E-state index is 0.0499. The first-order valence-corrected chi connectivity index (χ1v) is 5.86. The summed E-state index contributed by atoms with van der Waals surface area (Å²) in [5, 5.41) is 14.0. The number of halogens is 2. The third-order valence-corrected chi connectivity index (χ3v) is 2.86. The Kier molecular flexibility index (Phi) is 3.97. The number of nitro groups is 1. The van der Waals surface area contributed by atoms with Crippen molar-refractivity contribution in [2.24, 2.45) is 0 Å². The average molecular weight is 281 g/mol.